The van der Waals surface area contributed by atoms with Gasteiger partial charge in [0.1, 0.15) is 9.84 Å². The molecule has 3 nitrogen and oxygen atoms in total. The van der Waals surface area contributed by atoms with Gasteiger partial charge in [-0.2, -0.15) is 0 Å². The Kier molecular flexibility index (Phi) is 5.49. The first-order chi connectivity index (χ1) is 7.96. The highest BCUT2D eigenvalue weighted by Gasteiger charge is 2.12. The van der Waals surface area contributed by atoms with Crippen molar-refractivity contribution in [3.05, 3.63) is 29.8 Å². The van der Waals surface area contributed by atoms with E-state index in [9.17, 15) is 8.42 Å². The Labute approximate surface area is 108 Å². The van der Waals surface area contributed by atoms with Crippen LogP contribution in [0, 0.1) is 0 Å². The van der Waals surface area contributed by atoms with Crippen LogP contribution in [0.3, 0.4) is 0 Å². The van der Waals surface area contributed by atoms with E-state index in [0.29, 0.717) is 6.42 Å². The third-order valence-electron chi connectivity index (χ3n) is 2.64. The Bertz CT molecular complexity index is 440. The SMILES string of the molecule is CNC(CCS(C)(=O)=O)c1ccc(SC)cc1. The predicted octanol–water partition coefficient (Wildman–Crippen LogP) is 2.10. The lowest BCUT2D eigenvalue weighted by atomic mass is 10.1. The normalized spacial score (nSPS) is 13.6. The smallest absolute Gasteiger partial charge is 0.147 e. The molecule has 1 unspecified atom stereocenters. The van der Waals surface area contributed by atoms with Crippen LogP contribution >= 0.6 is 11.8 Å². The summed E-state index contributed by atoms with van der Waals surface area (Å²) < 4.78 is 22.3. The topological polar surface area (TPSA) is 46.2 Å². The minimum absolute atomic E-state index is 0.0978. The van der Waals surface area contributed by atoms with Crippen molar-refractivity contribution in [2.24, 2.45) is 0 Å². The number of thioether (sulfide) groups is 1. The largest absolute Gasteiger partial charge is 0.313 e. The summed E-state index contributed by atoms with van der Waals surface area (Å²) in [5.41, 5.74) is 1.13. The molecule has 17 heavy (non-hydrogen) atoms. The molecule has 0 aliphatic rings. The molecule has 1 rings (SSSR count). The van der Waals surface area contributed by atoms with Crippen LogP contribution in [-0.2, 0) is 9.84 Å². The maximum Gasteiger partial charge on any atom is 0.147 e. The highest BCUT2D eigenvalue weighted by Crippen LogP contribution is 2.21. The lowest BCUT2D eigenvalue weighted by Gasteiger charge is -2.16. The van der Waals surface area contributed by atoms with E-state index in [1.54, 1.807) is 11.8 Å². The maximum absolute atomic E-state index is 11.2. The number of sulfone groups is 1. The lowest BCUT2D eigenvalue weighted by Crippen LogP contribution is -2.19. The second kappa shape index (κ2) is 6.42. The van der Waals surface area contributed by atoms with Gasteiger partial charge in [-0.1, -0.05) is 12.1 Å². The molecular formula is C12H19NO2S2. The summed E-state index contributed by atoms with van der Waals surface area (Å²) in [5.74, 6) is 0.211. The third kappa shape index (κ3) is 5.10. The fourth-order valence-electron chi connectivity index (χ4n) is 1.65. The summed E-state index contributed by atoms with van der Waals surface area (Å²) >= 11 is 1.70. The van der Waals surface area contributed by atoms with Gasteiger partial charge in [-0.25, -0.2) is 8.42 Å². The molecule has 0 aliphatic carbocycles. The van der Waals surface area contributed by atoms with Crippen LogP contribution < -0.4 is 5.32 Å². The summed E-state index contributed by atoms with van der Waals surface area (Å²) in [6.07, 6.45) is 3.92. The Morgan fingerprint density at radius 2 is 1.88 bits per heavy atom. The molecule has 5 heteroatoms. The summed E-state index contributed by atoms with van der Waals surface area (Å²) in [7, 11) is -1.04. The van der Waals surface area contributed by atoms with Crippen molar-refractivity contribution in [1.29, 1.82) is 0 Å². The van der Waals surface area contributed by atoms with Crippen molar-refractivity contribution < 1.29 is 8.42 Å². The zero-order valence-electron chi connectivity index (χ0n) is 10.4. The molecular weight excluding hydrogens is 254 g/mol. The van der Waals surface area contributed by atoms with Gasteiger partial charge in [0.2, 0.25) is 0 Å². The van der Waals surface area contributed by atoms with E-state index in [2.05, 4.69) is 29.6 Å². The highest BCUT2D eigenvalue weighted by atomic mass is 32.2. The molecule has 0 fully saturated rings. The minimum Gasteiger partial charge on any atom is -0.313 e. The summed E-state index contributed by atoms with van der Waals surface area (Å²) in [6.45, 7) is 0. The first kappa shape index (κ1) is 14.5. The Balaban J connectivity index is 2.72. The summed E-state index contributed by atoms with van der Waals surface area (Å²) in [6, 6.07) is 8.32. The van der Waals surface area contributed by atoms with Crippen molar-refractivity contribution >= 4 is 21.6 Å². The molecule has 96 valence electrons. The van der Waals surface area contributed by atoms with E-state index >= 15 is 0 Å². The molecule has 0 amide bonds. The Hall–Kier alpha value is -0.520. The van der Waals surface area contributed by atoms with Crippen molar-refractivity contribution in [3.63, 3.8) is 0 Å². The van der Waals surface area contributed by atoms with E-state index in [1.165, 1.54) is 11.2 Å². The Morgan fingerprint density at radius 3 is 2.29 bits per heavy atom. The minimum atomic E-state index is -2.89. The fourth-order valence-corrected chi connectivity index (χ4v) is 2.72. The molecule has 0 bridgehead atoms. The van der Waals surface area contributed by atoms with Crippen molar-refractivity contribution in [1.82, 2.24) is 5.32 Å². The zero-order chi connectivity index (χ0) is 12.9. The number of hydrogen-bond donors (Lipinski definition) is 1. The first-order valence-corrected chi connectivity index (χ1v) is 8.73. The predicted molar refractivity (Wildman–Crippen MR) is 74.4 cm³/mol. The van der Waals surface area contributed by atoms with Crippen LogP contribution in [0.4, 0.5) is 0 Å². The van der Waals surface area contributed by atoms with E-state index < -0.39 is 9.84 Å². The summed E-state index contributed by atoms with van der Waals surface area (Å²) in [5, 5.41) is 3.16. The average Bonchev–Trinajstić information content (AvgIpc) is 2.29. The van der Waals surface area contributed by atoms with Gasteiger partial charge in [-0.15, -0.1) is 11.8 Å². The molecule has 0 aromatic heterocycles. The molecule has 1 aromatic rings. The quantitative estimate of drug-likeness (QED) is 0.806. The van der Waals surface area contributed by atoms with E-state index in [-0.39, 0.29) is 11.8 Å². The zero-order valence-corrected chi connectivity index (χ0v) is 12.1. The fraction of sp³-hybridized carbons (Fsp3) is 0.500. The molecule has 0 aliphatic heterocycles. The van der Waals surface area contributed by atoms with Crippen LogP contribution in [0.25, 0.3) is 0 Å². The van der Waals surface area contributed by atoms with Gasteiger partial charge in [0, 0.05) is 17.2 Å². The van der Waals surface area contributed by atoms with Crippen LogP contribution in [0.5, 0.6) is 0 Å². The van der Waals surface area contributed by atoms with Crippen molar-refractivity contribution in [2.75, 3.05) is 25.3 Å². The molecule has 1 aromatic carbocycles. The maximum atomic E-state index is 11.2. The first-order valence-electron chi connectivity index (χ1n) is 5.45. The highest BCUT2D eigenvalue weighted by molar-refractivity contribution is 7.98. The van der Waals surface area contributed by atoms with Gasteiger partial charge >= 0.3 is 0 Å². The van der Waals surface area contributed by atoms with Crippen LogP contribution in [0.15, 0.2) is 29.2 Å². The molecule has 0 radical (unpaired) electrons. The van der Waals surface area contributed by atoms with Gasteiger partial charge in [0.15, 0.2) is 0 Å². The van der Waals surface area contributed by atoms with Crippen molar-refractivity contribution in [2.45, 2.75) is 17.4 Å². The van der Waals surface area contributed by atoms with E-state index in [0.717, 1.165) is 5.56 Å². The van der Waals surface area contributed by atoms with Crippen molar-refractivity contribution in [3.8, 4) is 0 Å². The standard InChI is InChI=1S/C12H19NO2S2/c1-13-12(8-9-17(3,14)15)10-4-6-11(16-2)7-5-10/h4-7,12-13H,8-9H2,1-3H3. The number of rotatable bonds is 6. The molecule has 1 N–H and O–H groups in total. The van der Waals surface area contributed by atoms with Crippen LogP contribution in [0.2, 0.25) is 0 Å². The number of nitrogens with one attached hydrogen (secondary N) is 1. The lowest BCUT2D eigenvalue weighted by molar-refractivity contribution is 0.559. The number of hydrogen-bond acceptors (Lipinski definition) is 4. The van der Waals surface area contributed by atoms with Gasteiger partial charge in [-0.05, 0) is 37.4 Å². The Morgan fingerprint density at radius 1 is 1.29 bits per heavy atom. The summed E-state index contributed by atoms with van der Waals surface area (Å²) in [4.78, 5) is 1.21. The van der Waals surface area contributed by atoms with Crippen LogP contribution in [-0.4, -0.2) is 33.7 Å². The van der Waals surface area contributed by atoms with E-state index in [4.69, 9.17) is 0 Å². The molecule has 0 saturated heterocycles. The molecule has 0 spiro atoms. The van der Waals surface area contributed by atoms with Gasteiger partial charge < -0.3 is 5.32 Å². The average molecular weight is 273 g/mol. The van der Waals surface area contributed by atoms with Gasteiger partial charge in [0.05, 0.1) is 5.75 Å². The molecule has 1 atom stereocenters. The van der Waals surface area contributed by atoms with Crippen LogP contribution in [0.1, 0.15) is 18.0 Å². The molecule has 0 heterocycles. The third-order valence-corrected chi connectivity index (χ3v) is 4.36. The molecule has 0 saturated carbocycles. The van der Waals surface area contributed by atoms with E-state index in [1.807, 2.05) is 13.3 Å². The second-order valence-electron chi connectivity index (χ2n) is 4.03. The monoisotopic (exact) mass is 273 g/mol. The van der Waals surface area contributed by atoms with Gasteiger partial charge in [-0.3, -0.25) is 0 Å². The van der Waals surface area contributed by atoms with Gasteiger partial charge in [0.25, 0.3) is 0 Å². The second-order valence-corrected chi connectivity index (χ2v) is 7.17. The number of benzene rings is 1.